The van der Waals surface area contributed by atoms with Gasteiger partial charge in [0.1, 0.15) is 5.75 Å². The topological polar surface area (TPSA) is 102 Å². The van der Waals surface area contributed by atoms with Crippen molar-refractivity contribution >= 4 is 29.1 Å². The van der Waals surface area contributed by atoms with Crippen LogP contribution in [0.5, 0.6) is 5.75 Å². The van der Waals surface area contributed by atoms with E-state index in [0.29, 0.717) is 39.7 Å². The molecular weight excluding hydrogens is 499 g/mol. The molecular formula is C28H32Cl2N2O4. The fraction of sp³-hybridized carbons (Fsp3) is 0.321. The first-order valence-corrected chi connectivity index (χ1v) is 12.5. The number of halogens is 2. The molecule has 0 aromatic heterocycles. The zero-order valence-corrected chi connectivity index (χ0v) is 21.9. The average Bonchev–Trinajstić information content (AvgIpc) is 2.82. The van der Waals surface area contributed by atoms with E-state index in [4.69, 9.17) is 23.2 Å². The number of aromatic hydroxyl groups is 1. The van der Waals surface area contributed by atoms with E-state index in [2.05, 4.69) is 10.6 Å². The van der Waals surface area contributed by atoms with Crippen LogP contribution in [0.1, 0.15) is 47.8 Å². The summed E-state index contributed by atoms with van der Waals surface area (Å²) in [6, 6.07) is 17.8. The molecule has 0 saturated heterocycles. The highest BCUT2D eigenvalue weighted by molar-refractivity contribution is 6.36. The zero-order valence-electron chi connectivity index (χ0n) is 20.4. The van der Waals surface area contributed by atoms with E-state index in [0.717, 1.165) is 11.1 Å². The maximum atomic E-state index is 12.5. The highest BCUT2D eigenvalue weighted by Gasteiger charge is 2.21. The summed E-state index contributed by atoms with van der Waals surface area (Å²) in [7, 11) is 0. The summed E-state index contributed by atoms with van der Waals surface area (Å²) in [5, 5.41) is 36.9. The number of amides is 1. The van der Waals surface area contributed by atoms with Crippen LogP contribution in [0.2, 0.25) is 10.0 Å². The minimum Gasteiger partial charge on any atom is -0.508 e. The predicted octanol–water partition coefficient (Wildman–Crippen LogP) is 4.69. The van der Waals surface area contributed by atoms with Crippen LogP contribution < -0.4 is 10.6 Å². The van der Waals surface area contributed by atoms with Crippen LogP contribution in [0, 0.1) is 0 Å². The van der Waals surface area contributed by atoms with Gasteiger partial charge in [0.15, 0.2) is 0 Å². The van der Waals surface area contributed by atoms with E-state index in [1.165, 1.54) is 6.07 Å². The third-order valence-electron chi connectivity index (χ3n) is 5.96. The molecule has 8 heteroatoms. The Labute approximate surface area is 221 Å². The quantitative estimate of drug-likeness (QED) is 0.247. The lowest BCUT2D eigenvalue weighted by molar-refractivity contribution is -0.120. The van der Waals surface area contributed by atoms with Gasteiger partial charge in [-0.2, -0.15) is 0 Å². The number of hydrogen-bond donors (Lipinski definition) is 5. The van der Waals surface area contributed by atoms with Crippen LogP contribution in [0.4, 0.5) is 0 Å². The van der Waals surface area contributed by atoms with Gasteiger partial charge in [-0.05, 0) is 61.2 Å². The molecule has 0 bridgehead atoms. The monoisotopic (exact) mass is 530 g/mol. The molecule has 0 aliphatic heterocycles. The van der Waals surface area contributed by atoms with Gasteiger partial charge in [0.2, 0.25) is 5.91 Å². The fourth-order valence-corrected chi connectivity index (χ4v) is 4.52. The molecule has 5 N–H and O–H groups in total. The number of benzene rings is 3. The first-order valence-electron chi connectivity index (χ1n) is 11.7. The van der Waals surface area contributed by atoms with E-state index in [1.54, 1.807) is 30.3 Å². The van der Waals surface area contributed by atoms with Gasteiger partial charge in [-0.1, -0.05) is 59.6 Å². The Morgan fingerprint density at radius 3 is 2.36 bits per heavy atom. The maximum Gasteiger partial charge on any atom is 0.224 e. The van der Waals surface area contributed by atoms with Gasteiger partial charge in [0.05, 0.1) is 19.1 Å². The molecule has 3 rings (SSSR count). The molecule has 0 aliphatic carbocycles. The summed E-state index contributed by atoms with van der Waals surface area (Å²) < 4.78 is 0. The number of hydrogen-bond acceptors (Lipinski definition) is 5. The molecule has 0 radical (unpaired) electrons. The van der Waals surface area contributed by atoms with Gasteiger partial charge >= 0.3 is 0 Å². The standard InChI is InChI=1S/C28H32Cl2N2O4/c1-28(2,32-16-26(35)20-9-10-25(34)21(13-20)17-33)14-19-6-3-5-18(11-19)12-27(36)31-15-22-23(29)7-4-8-24(22)30/h3-11,13,26,32-35H,12,14-17H2,1-2H3,(H,31,36)/t26-/m1/s1. The van der Waals surface area contributed by atoms with Crippen LogP contribution in [-0.2, 0) is 30.8 Å². The Kier molecular flexibility index (Phi) is 9.77. The third-order valence-corrected chi connectivity index (χ3v) is 6.67. The number of β-amino-alcohol motifs (C(OH)–C–C–N with tert-alkyl or cyclic N) is 1. The fourth-order valence-electron chi connectivity index (χ4n) is 3.99. The van der Waals surface area contributed by atoms with Crippen molar-refractivity contribution in [3.05, 3.63) is 98.5 Å². The molecule has 3 aromatic rings. The molecule has 0 saturated carbocycles. The van der Waals surface area contributed by atoms with Crippen molar-refractivity contribution in [2.75, 3.05) is 6.54 Å². The van der Waals surface area contributed by atoms with Crippen LogP contribution in [0.15, 0.2) is 60.7 Å². The minimum atomic E-state index is -0.795. The summed E-state index contributed by atoms with van der Waals surface area (Å²) >= 11 is 12.4. The van der Waals surface area contributed by atoms with Crippen molar-refractivity contribution < 1.29 is 20.1 Å². The second-order valence-corrected chi connectivity index (χ2v) is 10.3. The van der Waals surface area contributed by atoms with Crippen molar-refractivity contribution in [1.29, 1.82) is 0 Å². The van der Waals surface area contributed by atoms with Gasteiger partial charge < -0.3 is 26.0 Å². The molecule has 0 spiro atoms. The molecule has 6 nitrogen and oxygen atoms in total. The Bertz CT molecular complexity index is 1180. The molecule has 0 unspecified atom stereocenters. The number of phenols is 1. The molecule has 0 aliphatic rings. The van der Waals surface area contributed by atoms with Crippen LogP contribution >= 0.6 is 23.2 Å². The first-order chi connectivity index (χ1) is 17.1. The molecule has 3 aromatic carbocycles. The lowest BCUT2D eigenvalue weighted by atomic mass is 9.93. The van der Waals surface area contributed by atoms with E-state index < -0.39 is 6.10 Å². The van der Waals surface area contributed by atoms with Crippen LogP contribution in [0.25, 0.3) is 0 Å². The van der Waals surface area contributed by atoms with E-state index in [9.17, 15) is 20.1 Å². The van der Waals surface area contributed by atoms with Crippen LogP contribution in [-0.4, -0.2) is 33.3 Å². The highest BCUT2D eigenvalue weighted by Crippen LogP contribution is 2.25. The largest absolute Gasteiger partial charge is 0.508 e. The van der Waals surface area contributed by atoms with Gasteiger partial charge in [0.25, 0.3) is 0 Å². The number of carbonyl (C=O) groups is 1. The lowest BCUT2D eigenvalue weighted by Gasteiger charge is -2.28. The Morgan fingerprint density at radius 2 is 1.67 bits per heavy atom. The van der Waals surface area contributed by atoms with Gasteiger partial charge in [-0.3, -0.25) is 4.79 Å². The molecule has 1 atom stereocenters. The highest BCUT2D eigenvalue weighted by atomic mass is 35.5. The zero-order chi connectivity index (χ0) is 26.3. The Morgan fingerprint density at radius 1 is 1.00 bits per heavy atom. The summed E-state index contributed by atoms with van der Waals surface area (Å²) in [6.45, 7) is 4.35. The van der Waals surface area contributed by atoms with Crippen molar-refractivity contribution in [2.24, 2.45) is 0 Å². The summed E-state index contributed by atoms with van der Waals surface area (Å²) in [6.07, 6.45) is 0.120. The van der Waals surface area contributed by atoms with Crippen molar-refractivity contribution in [3.63, 3.8) is 0 Å². The maximum absolute atomic E-state index is 12.5. The number of nitrogens with one attached hydrogen (secondary N) is 2. The average molecular weight is 531 g/mol. The third kappa shape index (κ3) is 7.95. The molecule has 1 amide bonds. The van der Waals surface area contributed by atoms with Crippen molar-refractivity contribution in [2.45, 2.75) is 51.5 Å². The minimum absolute atomic E-state index is 0.00274. The number of rotatable bonds is 11. The van der Waals surface area contributed by atoms with Gasteiger partial charge in [-0.25, -0.2) is 0 Å². The van der Waals surface area contributed by atoms with Gasteiger partial charge in [-0.15, -0.1) is 0 Å². The first kappa shape index (κ1) is 28.0. The smallest absolute Gasteiger partial charge is 0.224 e. The van der Waals surface area contributed by atoms with Gasteiger partial charge in [0, 0.05) is 39.8 Å². The second-order valence-electron chi connectivity index (χ2n) is 9.48. The number of aliphatic hydroxyl groups is 2. The second kappa shape index (κ2) is 12.6. The normalized spacial score (nSPS) is 12.4. The molecule has 36 heavy (non-hydrogen) atoms. The Hall–Kier alpha value is -2.61. The molecule has 0 heterocycles. The summed E-state index contributed by atoms with van der Waals surface area (Å²) in [5.74, 6) is -0.122. The van der Waals surface area contributed by atoms with Crippen molar-refractivity contribution in [3.8, 4) is 5.75 Å². The van der Waals surface area contributed by atoms with Crippen LogP contribution in [0.3, 0.4) is 0 Å². The SMILES string of the molecule is CC(C)(Cc1cccc(CC(=O)NCc2c(Cl)cccc2Cl)c1)NC[C@@H](O)c1ccc(O)c(CO)c1. The number of carbonyl (C=O) groups excluding carboxylic acids is 1. The Balaban J connectivity index is 1.55. The molecule has 0 fully saturated rings. The van der Waals surface area contributed by atoms with Crippen molar-refractivity contribution in [1.82, 2.24) is 10.6 Å². The summed E-state index contributed by atoms with van der Waals surface area (Å²) in [5.41, 5.74) is 3.31. The summed E-state index contributed by atoms with van der Waals surface area (Å²) in [4.78, 5) is 12.5. The van der Waals surface area contributed by atoms with E-state index in [-0.39, 0.29) is 36.8 Å². The number of aliphatic hydroxyl groups excluding tert-OH is 2. The van der Waals surface area contributed by atoms with E-state index >= 15 is 0 Å². The lowest BCUT2D eigenvalue weighted by Crippen LogP contribution is -2.43. The predicted molar refractivity (Wildman–Crippen MR) is 143 cm³/mol. The van der Waals surface area contributed by atoms with E-state index in [1.807, 2.05) is 38.1 Å². The molecule has 192 valence electrons.